The lowest BCUT2D eigenvalue weighted by atomic mass is 10.0. The Morgan fingerprint density at radius 2 is 1.13 bits per heavy atom. The molecule has 0 amide bonds. The van der Waals surface area contributed by atoms with Gasteiger partial charge in [0.2, 0.25) is 0 Å². The molecule has 0 fully saturated rings. The summed E-state index contributed by atoms with van der Waals surface area (Å²) in [7, 11) is 0. The van der Waals surface area contributed by atoms with Gasteiger partial charge in [0.05, 0.1) is 45.4 Å². The van der Waals surface area contributed by atoms with Crippen molar-refractivity contribution in [1.29, 1.82) is 0 Å². The van der Waals surface area contributed by atoms with Gasteiger partial charge in [0.1, 0.15) is 5.92 Å². The third kappa shape index (κ3) is 8.77. The molecule has 0 spiro atoms. The van der Waals surface area contributed by atoms with Crippen molar-refractivity contribution in [3.63, 3.8) is 0 Å². The molecule has 4 N–H and O–H groups in total. The van der Waals surface area contributed by atoms with Gasteiger partial charge in [-0.25, -0.2) is 0 Å². The Balaban J connectivity index is 5.38. The van der Waals surface area contributed by atoms with Crippen molar-refractivity contribution in [3.8, 4) is 0 Å². The lowest BCUT2D eigenvalue weighted by Gasteiger charge is -2.39. The highest BCUT2D eigenvalue weighted by molar-refractivity contribution is 5.70. The fraction of sp³-hybridized carbons (Fsp3) is 0.714. The van der Waals surface area contributed by atoms with Crippen molar-refractivity contribution >= 4 is 23.9 Å². The molecule has 0 aromatic carbocycles. The first-order valence-electron chi connectivity index (χ1n) is 7.35. The zero-order valence-corrected chi connectivity index (χ0v) is 13.1. The Morgan fingerprint density at radius 1 is 0.783 bits per heavy atom. The smallest absolute Gasteiger partial charge is 0.312 e. The predicted octanol–water partition coefficient (Wildman–Crippen LogP) is 0.338. The summed E-state index contributed by atoms with van der Waals surface area (Å²) in [5.74, 6) is -5.13. The fourth-order valence-electron chi connectivity index (χ4n) is 2.46. The van der Waals surface area contributed by atoms with Gasteiger partial charge in [-0.1, -0.05) is 6.92 Å². The quantitative estimate of drug-likeness (QED) is 0.352. The van der Waals surface area contributed by atoms with Crippen LogP contribution in [0, 0.1) is 5.92 Å². The summed E-state index contributed by atoms with van der Waals surface area (Å²) in [6.45, 7) is 1.68. The van der Waals surface area contributed by atoms with Crippen LogP contribution < -0.4 is 0 Å². The molecular weight excluding hydrogens is 310 g/mol. The van der Waals surface area contributed by atoms with Crippen molar-refractivity contribution in [3.05, 3.63) is 0 Å². The number of carbonyl (C=O) groups is 4. The minimum Gasteiger partial charge on any atom is -0.481 e. The molecule has 1 atom stereocenters. The number of nitrogens with zero attached hydrogens (tertiary/aromatic N) is 1. The van der Waals surface area contributed by atoms with E-state index in [1.807, 2.05) is 0 Å². The molecule has 23 heavy (non-hydrogen) atoms. The van der Waals surface area contributed by atoms with Crippen LogP contribution in [-0.2, 0) is 19.2 Å². The third-order valence-electron chi connectivity index (χ3n) is 3.85. The van der Waals surface area contributed by atoms with Gasteiger partial charge in [-0.05, 0) is 6.42 Å². The van der Waals surface area contributed by atoms with Crippen LogP contribution in [0.15, 0.2) is 0 Å². The molecule has 0 aliphatic heterocycles. The Labute approximate surface area is 133 Å². The minimum atomic E-state index is -1.10. The zero-order chi connectivity index (χ0) is 18.0. The Kier molecular flexibility index (Phi) is 8.86. The molecule has 0 aliphatic rings. The standard InChI is InChI=1S/C14H23NO8/c1-2-10(14(22)23)9-15(6-3-11(16)17,7-4-12(18)19)8-5-13(20)21/h10H,2-9H2,1H3,(H3-,16,17,18,19,20,21,22,23)/p+1. The first kappa shape index (κ1) is 20.8. The van der Waals surface area contributed by atoms with Crippen LogP contribution in [0.2, 0.25) is 0 Å². The summed E-state index contributed by atoms with van der Waals surface area (Å²) in [5, 5.41) is 35.8. The summed E-state index contributed by atoms with van der Waals surface area (Å²) in [5.41, 5.74) is 0. The molecule has 132 valence electrons. The molecule has 0 aromatic rings. The summed E-state index contributed by atoms with van der Waals surface area (Å²) in [6.07, 6.45) is -0.553. The van der Waals surface area contributed by atoms with E-state index in [2.05, 4.69) is 0 Å². The number of carboxylic acid groups (broad SMARTS) is 4. The lowest BCUT2D eigenvalue weighted by molar-refractivity contribution is -0.929. The maximum absolute atomic E-state index is 11.3. The van der Waals surface area contributed by atoms with Gasteiger partial charge in [-0.2, -0.15) is 0 Å². The number of hydrogen-bond acceptors (Lipinski definition) is 4. The highest BCUT2D eigenvalue weighted by atomic mass is 16.4. The van der Waals surface area contributed by atoms with Crippen LogP contribution in [-0.4, -0.2) is 75.0 Å². The second-order valence-corrected chi connectivity index (χ2v) is 5.57. The van der Waals surface area contributed by atoms with Crippen molar-refractivity contribution < 1.29 is 44.1 Å². The van der Waals surface area contributed by atoms with Gasteiger partial charge in [-0.15, -0.1) is 0 Å². The van der Waals surface area contributed by atoms with E-state index in [9.17, 15) is 24.3 Å². The van der Waals surface area contributed by atoms with Crippen LogP contribution in [0.3, 0.4) is 0 Å². The number of rotatable bonds is 13. The third-order valence-corrected chi connectivity index (χ3v) is 3.85. The summed E-state index contributed by atoms with van der Waals surface area (Å²) in [6, 6.07) is 0. The van der Waals surface area contributed by atoms with Gasteiger partial charge in [0.25, 0.3) is 0 Å². The van der Waals surface area contributed by atoms with E-state index in [1.165, 1.54) is 0 Å². The van der Waals surface area contributed by atoms with Gasteiger partial charge in [-0.3, -0.25) is 19.2 Å². The monoisotopic (exact) mass is 334 g/mol. The van der Waals surface area contributed by atoms with E-state index in [0.29, 0.717) is 6.42 Å². The molecule has 0 saturated heterocycles. The van der Waals surface area contributed by atoms with Gasteiger partial charge in [0.15, 0.2) is 0 Å². The average Bonchev–Trinajstić information content (AvgIpc) is 2.45. The molecule has 1 unspecified atom stereocenters. The van der Waals surface area contributed by atoms with Crippen molar-refractivity contribution in [2.45, 2.75) is 32.6 Å². The molecule has 0 bridgehead atoms. The van der Waals surface area contributed by atoms with E-state index in [-0.39, 0.29) is 49.9 Å². The molecular formula is C14H24NO8+. The van der Waals surface area contributed by atoms with Crippen LogP contribution in [0.1, 0.15) is 32.6 Å². The Bertz CT molecular complexity index is 403. The summed E-state index contributed by atoms with van der Waals surface area (Å²) >= 11 is 0. The molecule has 9 heteroatoms. The largest absolute Gasteiger partial charge is 0.481 e. The maximum atomic E-state index is 11.3. The molecule has 0 aliphatic carbocycles. The lowest BCUT2D eigenvalue weighted by Crippen LogP contribution is -2.55. The topological polar surface area (TPSA) is 149 Å². The first-order valence-corrected chi connectivity index (χ1v) is 7.35. The minimum absolute atomic E-state index is 0.000324. The van der Waals surface area contributed by atoms with Gasteiger partial charge < -0.3 is 24.9 Å². The highest BCUT2D eigenvalue weighted by Crippen LogP contribution is 2.18. The summed E-state index contributed by atoms with van der Waals surface area (Å²) in [4.78, 5) is 43.8. The molecule has 0 saturated carbocycles. The fourth-order valence-corrected chi connectivity index (χ4v) is 2.46. The number of hydrogen-bond donors (Lipinski definition) is 4. The Morgan fingerprint density at radius 3 is 1.35 bits per heavy atom. The summed E-state index contributed by atoms with van der Waals surface area (Å²) < 4.78 is -0.143. The van der Waals surface area contributed by atoms with Gasteiger partial charge in [0, 0.05) is 0 Å². The van der Waals surface area contributed by atoms with Gasteiger partial charge >= 0.3 is 23.9 Å². The first-order chi connectivity index (χ1) is 10.6. The van der Waals surface area contributed by atoms with Crippen LogP contribution in [0.4, 0.5) is 0 Å². The van der Waals surface area contributed by atoms with Crippen molar-refractivity contribution in [2.24, 2.45) is 5.92 Å². The number of aliphatic carboxylic acids is 4. The number of quaternary nitrogens is 1. The molecule has 0 radical (unpaired) electrons. The maximum Gasteiger partial charge on any atom is 0.312 e. The van der Waals surface area contributed by atoms with E-state index in [4.69, 9.17) is 15.3 Å². The van der Waals surface area contributed by atoms with E-state index in [1.54, 1.807) is 6.92 Å². The molecule has 0 heterocycles. The second-order valence-electron chi connectivity index (χ2n) is 5.57. The SMILES string of the molecule is CCC(C[N+](CCC(=O)O)(CCC(=O)O)CCC(=O)O)C(=O)O. The van der Waals surface area contributed by atoms with Crippen LogP contribution in [0.25, 0.3) is 0 Å². The van der Waals surface area contributed by atoms with Crippen LogP contribution >= 0.6 is 0 Å². The van der Waals surface area contributed by atoms with E-state index >= 15 is 0 Å². The van der Waals surface area contributed by atoms with Crippen LogP contribution in [0.5, 0.6) is 0 Å². The zero-order valence-electron chi connectivity index (χ0n) is 13.1. The highest BCUT2D eigenvalue weighted by Gasteiger charge is 2.35. The molecule has 9 nitrogen and oxygen atoms in total. The molecule has 0 rings (SSSR count). The normalized spacial score (nSPS) is 12.6. The average molecular weight is 334 g/mol. The van der Waals surface area contributed by atoms with E-state index in [0.717, 1.165) is 0 Å². The predicted molar refractivity (Wildman–Crippen MR) is 77.9 cm³/mol. The molecule has 0 aromatic heterocycles. The number of carboxylic acids is 4. The van der Waals surface area contributed by atoms with Crippen molar-refractivity contribution in [1.82, 2.24) is 0 Å². The van der Waals surface area contributed by atoms with Crippen molar-refractivity contribution in [2.75, 3.05) is 26.2 Å². The van der Waals surface area contributed by atoms with E-state index < -0.39 is 29.8 Å². The Hall–Kier alpha value is -2.16. The second kappa shape index (κ2) is 9.78.